The van der Waals surface area contributed by atoms with E-state index in [1.165, 1.54) is 12.2 Å². The van der Waals surface area contributed by atoms with E-state index in [4.69, 9.17) is 0 Å². The lowest BCUT2D eigenvalue weighted by molar-refractivity contribution is -0.116. The number of pyridine rings is 1. The summed E-state index contributed by atoms with van der Waals surface area (Å²) in [6.45, 7) is 4.12. The fourth-order valence-corrected chi connectivity index (χ4v) is 5.61. The number of allylic oxidation sites excluding steroid dienone is 3. The van der Waals surface area contributed by atoms with Crippen LogP contribution in [0, 0.1) is 29.6 Å². The van der Waals surface area contributed by atoms with Gasteiger partial charge in [-0.3, -0.25) is 14.4 Å². The molecule has 0 amide bonds. The minimum atomic E-state index is -1.76. The van der Waals surface area contributed by atoms with Crippen LogP contribution in [0.15, 0.2) is 35.3 Å². The first-order chi connectivity index (χ1) is 14.6. The summed E-state index contributed by atoms with van der Waals surface area (Å²) < 4.78 is 0.244. The number of fused-ring (bicyclic) bond motifs is 1. The van der Waals surface area contributed by atoms with Gasteiger partial charge in [-0.25, -0.2) is 0 Å². The normalized spacial score (nSPS) is 35.1. The van der Waals surface area contributed by atoms with E-state index < -0.39 is 34.2 Å². The molecule has 0 spiro atoms. The molecule has 0 bridgehead atoms. The van der Waals surface area contributed by atoms with Gasteiger partial charge in [0.2, 0.25) is 0 Å². The Kier molecular flexibility index (Phi) is 5.41. The molecular weight excluding hydrogens is 398 g/mol. The summed E-state index contributed by atoms with van der Waals surface area (Å²) in [5.41, 5.74) is -3.42. The summed E-state index contributed by atoms with van der Waals surface area (Å²) in [5.74, 6) is -1.03. The van der Waals surface area contributed by atoms with Gasteiger partial charge in [0.05, 0.1) is 11.8 Å². The Morgan fingerprint density at radius 1 is 1.19 bits per heavy atom. The molecule has 1 unspecified atom stereocenters. The van der Waals surface area contributed by atoms with Crippen LogP contribution in [-0.4, -0.2) is 31.7 Å². The van der Waals surface area contributed by atoms with Crippen molar-refractivity contribution in [1.29, 1.82) is 0 Å². The van der Waals surface area contributed by atoms with Gasteiger partial charge in [0.25, 0.3) is 5.56 Å². The minimum absolute atomic E-state index is 0.0209. The van der Waals surface area contributed by atoms with E-state index in [1.54, 1.807) is 0 Å². The van der Waals surface area contributed by atoms with Crippen molar-refractivity contribution < 1.29 is 25.0 Å². The first-order valence-electron chi connectivity index (χ1n) is 11.0. The van der Waals surface area contributed by atoms with Gasteiger partial charge in [-0.2, -0.15) is 4.73 Å². The second-order valence-corrected chi connectivity index (χ2v) is 9.52. The maximum atomic E-state index is 13.7. The van der Waals surface area contributed by atoms with Crippen LogP contribution in [0.4, 0.5) is 0 Å². The van der Waals surface area contributed by atoms with E-state index in [-0.39, 0.29) is 46.7 Å². The number of hydrogen-bond acceptors (Lipinski definition) is 6. The number of Topliss-reactive ketones (excluding diaryl/α,β-unsaturated/α-hetero) is 1. The molecule has 3 aliphatic rings. The van der Waals surface area contributed by atoms with Crippen molar-refractivity contribution in [3.63, 3.8) is 0 Å². The van der Waals surface area contributed by atoms with Crippen molar-refractivity contribution in [3.8, 4) is 5.75 Å². The molecule has 31 heavy (non-hydrogen) atoms. The third-order valence-electron chi connectivity index (χ3n) is 7.39. The van der Waals surface area contributed by atoms with Crippen molar-refractivity contribution in [2.24, 2.45) is 29.6 Å². The smallest absolute Gasteiger partial charge is 0.297 e. The summed E-state index contributed by atoms with van der Waals surface area (Å²) in [7, 11) is 0. The van der Waals surface area contributed by atoms with Gasteiger partial charge in [0.1, 0.15) is 16.9 Å². The predicted molar refractivity (Wildman–Crippen MR) is 113 cm³/mol. The summed E-state index contributed by atoms with van der Waals surface area (Å²) in [4.78, 5) is 37.9. The molecule has 1 aromatic rings. The molecule has 7 nitrogen and oxygen atoms in total. The first kappa shape index (κ1) is 21.6. The van der Waals surface area contributed by atoms with Gasteiger partial charge in [-0.1, -0.05) is 32.4 Å². The summed E-state index contributed by atoms with van der Waals surface area (Å²) in [5, 5.41) is 32.2. The zero-order chi connectivity index (χ0) is 22.5. The van der Waals surface area contributed by atoms with E-state index in [2.05, 4.69) is 13.0 Å². The van der Waals surface area contributed by atoms with E-state index >= 15 is 0 Å². The van der Waals surface area contributed by atoms with Gasteiger partial charge in [-0.05, 0) is 55.1 Å². The van der Waals surface area contributed by atoms with Gasteiger partial charge < -0.3 is 15.4 Å². The number of hydrogen-bond donors (Lipinski definition) is 3. The Labute approximate surface area is 180 Å². The van der Waals surface area contributed by atoms with E-state index in [1.807, 2.05) is 13.0 Å². The van der Waals surface area contributed by atoms with Crippen molar-refractivity contribution in [2.45, 2.75) is 51.6 Å². The molecule has 0 saturated heterocycles. The van der Waals surface area contributed by atoms with Crippen LogP contribution < -0.4 is 5.56 Å². The number of ketones is 2. The highest BCUT2D eigenvalue weighted by atomic mass is 16.5. The van der Waals surface area contributed by atoms with Gasteiger partial charge in [0.15, 0.2) is 11.6 Å². The molecule has 3 aliphatic carbocycles. The number of aromatic hydroxyl groups is 1. The number of carbonyl (C=O) groups is 2. The third kappa shape index (κ3) is 3.65. The average molecular weight is 427 g/mol. The van der Waals surface area contributed by atoms with Gasteiger partial charge >= 0.3 is 0 Å². The third-order valence-corrected chi connectivity index (χ3v) is 7.39. The largest absolute Gasteiger partial charge is 0.506 e. The monoisotopic (exact) mass is 427 g/mol. The standard InChI is InChI=1S/C24H29NO6/c1-13-3-6-17-15(11-13)5-4-14(2)19(17)22(28)20-21(27)18(12-25(31)23(20)29)24(30)9-7-16(26)8-10-24/h4-5,7,9,12-15,17,19,27,30-31H,3,6,8,10-11H2,1-2H3/t13-,14-,15-,17-,19-,24?/m1/s1. The Hall–Kier alpha value is -2.67. The van der Waals surface area contributed by atoms with Crippen LogP contribution in [0.5, 0.6) is 5.75 Å². The topological polar surface area (TPSA) is 117 Å². The molecule has 1 saturated carbocycles. The molecule has 0 aliphatic heterocycles. The van der Waals surface area contributed by atoms with E-state index in [0.29, 0.717) is 5.92 Å². The second-order valence-electron chi connectivity index (χ2n) is 9.52. The molecule has 6 atom stereocenters. The fourth-order valence-electron chi connectivity index (χ4n) is 5.61. The highest BCUT2D eigenvalue weighted by Gasteiger charge is 2.44. The molecule has 1 fully saturated rings. The van der Waals surface area contributed by atoms with Gasteiger partial charge in [-0.15, -0.1) is 0 Å². The highest BCUT2D eigenvalue weighted by Crippen LogP contribution is 2.46. The van der Waals surface area contributed by atoms with Crippen LogP contribution in [0.3, 0.4) is 0 Å². The number of aromatic nitrogens is 1. The first-order valence-corrected chi connectivity index (χ1v) is 11.0. The molecule has 166 valence electrons. The minimum Gasteiger partial charge on any atom is -0.506 e. The Morgan fingerprint density at radius 2 is 1.94 bits per heavy atom. The summed E-state index contributed by atoms with van der Waals surface area (Å²) >= 11 is 0. The zero-order valence-electron chi connectivity index (χ0n) is 17.8. The van der Waals surface area contributed by atoms with Gasteiger partial charge in [0, 0.05) is 12.3 Å². The van der Waals surface area contributed by atoms with Crippen LogP contribution in [0.2, 0.25) is 0 Å². The second kappa shape index (κ2) is 7.79. The fraction of sp³-hybridized carbons (Fsp3) is 0.542. The molecule has 1 heterocycles. The highest BCUT2D eigenvalue weighted by molar-refractivity contribution is 6.01. The molecule has 0 radical (unpaired) electrons. The molecule has 0 aromatic carbocycles. The maximum Gasteiger partial charge on any atom is 0.297 e. The average Bonchev–Trinajstić information content (AvgIpc) is 2.73. The Morgan fingerprint density at radius 3 is 2.61 bits per heavy atom. The lowest BCUT2D eigenvalue weighted by atomic mass is 9.61. The van der Waals surface area contributed by atoms with Crippen molar-refractivity contribution >= 4 is 11.6 Å². The van der Waals surface area contributed by atoms with Crippen molar-refractivity contribution in [3.05, 3.63) is 52.0 Å². The van der Waals surface area contributed by atoms with Crippen LogP contribution in [0.1, 0.15) is 61.9 Å². The van der Waals surface area contributed by atoms with Crippen LogP contribution in [0.25, 0.3) is 0 Å². The molecule has 4 rings (SSSR count). The number of nitrogens with zero attached hydrogens (tertiary/aromatic N) is 1. The number of rotatable bonds is 3. The lowest BCUT2D eigenvalue weighted by Crippen LogP contribution is -2.41. The summed E-state index contributed by atoms with van der Waals surface area (Å²) in [6.07, 6.45) is 10.4. The van der Waals surface area contributed by atoms with Crippen molar-refractivity contribution in [2.75, 3.05) is 0 Å². The van der Waals surface area contributed by atoms with Crippen LogP contribution >= 0.6 is 0 Å². The lowest BCUT2D eigenvalue weighted by Gasteiger charge is -2.42. The zero-order valence-corrected chi connectivity index (χ0v) is 17.8. The number of carbonyl (C=O) groups excluding carboxylic acids is 2. The SMILES string of the molecule is C[C@@H]1CC[C@H]2[C@H](C(=O)c3c(O)c(C4(O)C=CC(=O)CC4)cn(O)c3=O)[C@H](C)C=C[C@@H]2C1. The molecule has 1 aromatic heterocycles. The molecule has 7 heteroatoms. The number of aliphatic hydroxyl groups is 1. The maximum absolute atomic E-state index is 13.7. The predicted octanol–water partition coefficient (Wildman–Crippen LogP) is 2.96. The molecular formula is C24H29NO6. The van der Waals surface area contributed by atoms with E-state index in [9.17, 15) is 29.8 Å². The molecule has 3 N–H and O–H groups in total. The van der Waals surface area contributed by atoms with Crippen LogP contribution in [-0.2, 0) is 10.4 Å². The van der Waals surface area contributed by atoms with Crippen molar-refractivity contribution in [1.82, 2.24) is 4.73 Å². The Balaban J connectivity index is 1.79. The quantitative estimate of drug-likeness (QED) is 0.388. The van der Waals surface area contributed by atoms with E-state index in [0.717, 1.165) is 25.5 Å². The summed E-state index contributed by atoms with van der Waals surface area (Å²) in [6, 6.07) is 0. The Bertz CT molecular complexity index is 1040.